The zero-order valence-electron chi connectivity index (χ0n) is 11.1. The molecule has 0 aliphatic carbocycles. The first-order chi connectivity index (χ1) is 9.29. The van der Waals surface area contributed by atoms with Crippen LogP contribution in [0.2, 0.25) is 0 Å². The van der Waals surface area contributed by atoms with E-state index in [1.807, 2.05) is 42.5 Å². The molecule has 0 saturated heterocycles. The van der Waals surface area contributed by atoms with Crippen LogP contribution in [-0.4, -0.2) is 17.1 Å². The number of imidazole rings is 1. The fourth-order valence-electron chi connectivity index (χ4n) is 2.35. The molecule has 0 saturated carbocycles. The number of aromatic amines is 1. The Bertz CT molecular complexity index is 688. The molecule has 0 bridgehead atoms. The Labute approximate surface area is 112 Å². The summed E-state index contributed by atoms with van der Waals surface area (Å²) < 4.78 is 5.60. The Kier molecular flexibility index (Phi) is 3.05. The molecule has 0 aliphatic heterocycles. The van der Waals surface area contributed by atoms with E-state index in [1.54, 1.807) is 7.11 Å². The zero-order valence-corrected chi connectivity index (χ0v) is 11.1. The van der Waals surface area contributed by atoms with E-state index in [0.29, 0.717) is 0 Å². The molecular formula is C16H16N2O. The summed E-state index contributed by atoms with van der Waals surface area (Å²) >= 11 is 0. The molecule has 1 heterocycles. The van der Waals surface area contributed by atoms with Gasteiger partial charge in [0.05, 0.1) is 11.0 Å². The van der Waals surface area contributed by atoms with Crippen LogP contribution in [0.4, 0.5) is 0 Å². The fraction of sp³-hybridized carbons (Fsp3) is 0.188. The highest BCUT2D eigenvalue weighted by atomic mass is 16.5. The summed E-state index contributed by atoms with van der Waals surface area (Å²) in [4.78, 5) is 8.03. The lowest BCUT2D eigenvalue weighted by Gasteiger charge is -2.12. The van der Waals surface area contributed by atoms with Crippen LogP contribution in [0.1, 0.15) is 23.1 Å². The Morgan fingerprint density at radius 2 is 1.84 bits per heavy atom. The number of hydrogen-bond donors (Lipinski definition) is 1. The van der Waals surface area contributed by atoms with Gasteiger partial charge in [-0.25, -0.2) is 4.98 Å². The van der Waals surface area contributed by atoms with Gasteiger partial charge in [-0.1, -0.05) is 42.5 Å². The van der Waals surface area contributed by atoms with Gasteiger partial charge >= 0.3 is 0 Å². The molecule has 0 amide bonds. The van der Waals surface area contributed by atoms with Crippen molar-refractivity contribution in [3.63, 3.8) is 0 Å². The second kappa shape index (κ2) is 4.86. The third kappa shape index (κ3) is 2.13. The molecule has 3 nitrogen and oxygen atoms in total. The predicted molar refractivity (Wildman–Crippen MR) is 76.1 cm³/mol. The lowest BCUT2D eigenvalue weighted by molar-refractivity contribution is 0.130. The number of aromatic nitrogens is 2. The summed E-state index contributed by atoms with van der Waals surface area (Å²) in [6.45, 7) is 2.07. The summed E-state index contributed by atoms with van der Waals surface area (Å²) in [5.41, 5.74) is 4.33. The van der Waals surface area contributed by atoms with E-state index < -0.39 is 0 Å². The first-order valence-electron chi connectivity index (χ1n) is 6.32. The molecule has 1 N–H and O–H groups in total. The van der Waals surface area contributed by atoms with Crippen molar-refractivity contribution >= 4 is 11.0 Å². The van der Waals surface area contributed by atoms with Crippen LogP contribution in [0.15, 0.2) is 48.5 Å². The van der Waals surface area contributed by atoms with E-state index in [1.165, 1.54) is 5.56 Å². The van der Waals surface area contributed by atoms with Gasteiger partial charge in [-0.3, -0.25) is 0 Å². The van der Waals surface area contributed by atoms with Gasteiger partial charge in [-0.2, -0.15) is 0 Å². The molecule has 0 spiro atoms. The van der Waals surface area contributed by atoms with Crippen LogP contribution < -0.4 is 0 Å². The largest absolute Gasteiger partial charge is 0.369 e. The number of aryl methyl sites for hydroxylation is 1. The van der Waals surface area contributed by atoms with Crippen molar-refractivity contribution in [1.29, 1.82) is 0 Å². The topological polar surface area (TPSA) is 37.9 Å². The lowest BCUT2D eigenvalue weighted by atomic mass is 10.1. The molecule has 3 heteroatoms. The number of para-hydroxylation sites is 1. The number of methoxy groups -OCH3 is 1. The van der Waals surface area contributed by atoms with Crippen molar-refractivity contribution in [2.75, 3.05) is 7.11 Å². The fourth-order valence-corrected chi connectivity index (χ4v) is 2.35. The van der Waals surface area contributed by atoms with Gasteiger partial charge in [-0.05, 0) is 24.1 Å². The van der Waals surface area contributed by atoms with E-state index >= 15 is 0 Å². The number of nitrogens with one attached hydrogen (secondary N) is 1. The normalized spacial score (nSPS) is 12.7. The zero-order chi connectivity index (χ0) is 13.2. The number of hydrogen-bond acceptors (Lipinski definition) is 2. The van der Waals surface area contributed by atoms with E-state index in [9.17, 15) is 0 Å². The quantitative estimate of drug-likeness (QED) is 0.773. The van der Waals surface area contributed by atoms with Crippen molar-refractivity contribution in [3.8, 4) is 0 Å². The maximum absolute atomic E-state index is 5.60. The first kappa shape index (κ1) is 11.9. The number of benzene rings is 2. The molecule has 0 radical (unpaired) electrons. The van der Waals surface area contributed by atoms with Gasteiger partial charge in [0.25, 0.3) is 0 Å². The second-order valence-corrected chi connectivity index (χ2v) is 4.62. The third-order valence-electron chi connectivity index (χ3n) is 3.32. The summed E-state index contributed by atoms with van der Waals surface area (Å²) in [6, 6.07) is 16.3. The van der Waals surface area contributed by atoms with Crippen molar-refractivity contribution in [2.24, 2.45) is 0 Å². The summed E-state index contributed by atoms with van der Waals surface area (Å²) in [5, 5.41) is 0. The number of nitrogens with zero attached hydrogens (tertiary/aromatic N) is 1. The van der Waals surface area contributed by atoms with Crippen LogP contribution in [0, 0.1) is 6.92 Å². The van der Waals surface area contributed by atoms with Crippen molar-refractivity contribution in [1.82, 2.24) is 9.97 Å². The Morgan fingerprint density at radius 3 is 2.53 bits per heavy atom. The first-order valence-corrected chi connectivity index (χ1v) is 6.32. The van der Waals surface area contributed by atoms with Gasteiger partial charge in [0.2, 0.25) is 0 Å². The third-order valence-corrected chi connectivity index (χ3v) is 3.32. The number of rotatable bonds is 3. The highest BCUT2D eigenvalue weighted by molar-refractivity contribution is 5.78. The van der Waals surface area contributed by atoms with Crippen LogP contribution in [-0.2, 0) is 4.74 Å². The molecule has 1 atom stereocenters. The number of H-pyrrole nitrogens is 1. The highest BCUT2D eigenvalue weighted by Gasteiger charge is 2.17. The molecular weight excluding hydrogens is 236 g/mol. The molecule has 2 aromatic carbocycles. The number of ether oxygens (including phenoxy) is 1. The van der Waals surface area contributed by atoms with Crippen LogP contribution in [0.25, 0.3) is 11.0 Å². The summed E-state index contributed by atoms with van der Waals surface area (Å²) in [7, 11) is 1.71. The van der Waals surface area contributed by atoms with Gasteiger partial charge < -0.3 is 9.72 Å². The minimum Gasteiger partial charge on any atom is -0.369 e. The molecule has 1 aromatic heterocycles. The van der Waals surface area contributed by atoms with E-state index in [2.05, 4.69) is 23.0 Å². The van der Waals surface area contributed by atoms with Crippen molar-refractivity contribution in [2.45, 2.75) is 13.0 Å². The standard InChI is InChI=1S/C16H16N2O/c1-11-7-6-10-13-14(11)18-16(17-13)15(19-2)12-8-4-3-5-9-12/h3-10,15H,1-2H3,(H,17,18). The number of fused-ring (bicyclic) bond motifs is 1. The minimum absolute atomic E-state index is 0.159. The predicted octanol–water partition coefficient (Wildman–Crippen LogP) is 3.61. The van der Waals surface area contributed by atoms with Gasteiger partial charge in [0.1, 0.15) is 11.9 Å². The van der Waals surface area contributed by atoms with Crippen molar-refractivity contribution < 1.29 is 4.74 Å². The van der Waals surface area contributed by atoms with Crippen LogP contribution in [0.3, 0.4) is 0 Å². The molecule has 0 aliphatic rings. The average molecular weight is 252 g/mol. The van der Waals surface area contributed by atoms with Gasteiger partial charge in [-0.15, -0.1) is 0 Å². The van der Waals surface area contributed by atoms with Gasteiger partial charge in [0, 0.05) is 7.11 Å². The molecule has 19 heavy (non-hydrogen) atoms. The molecule has 96 valence electrons. The second-order valence-electron chi connectivity index (χ2n) is 4.62. The molecule has 3 rings (SSSR count). The SMILES string of the molecule is COC(c1ccccc1)c1nc2c(C)cccc2[nH]1. The van der Waals surface area contributed by atoms with Crippen molar-refractivity contribution in [3.05, 3.63) is 65.5 Å². The smallest absolute Gasteiger partial charge is 0.141 e. The summed E-state index contributed by atoms with van der Waals surface area (Å²) in [5.74, 6) is 0.845. The van der Waals surface area contributed by atoms with E-state index in [4.69, 9.17) is 4.74 Å². The Morgan fingerprint density at radius 1 is 1.05 bits per heavy atom. The van der Waals surface area contributed by atoms with E-state index in [-0.39, 0.29) is 6.10 Å². The monoisotopic (exact) mass is 252 g/mol. The maximum Gasteiger partial charge on any atom is 0.141 e. The molecule has 3 aromatic rings. The Hall–Kier alpha value is -2.13. The van der Waals surface area contributed by atoms with Crippen LogP contribution in [0.5, 0.6) is 0 Å². The Balaban J connectivity index is 2.09. The summed E-state index contributed by atoms with van der Waals surface area (Å²) in [6.07, 6.45) is -0.159. The van der Waals surface area contributed by atoms with Crippen LogP contribution >= 0.6 is 0 Å². The highest BCUT2D eigenvalue weighted by Crippen LogP contribution is 2.26. The lowest BCUT2D eigenvalue weighted by Crippen LogP contribution is -2.05. The molecule has 1 unspecified atom stereocenters. The molecule has 0 fully saturated rings. The minimum atomic E-state index is -0.159. The van der Waals surface area contributed by atoms with E-state index in [0.717, 1.165) is 22.4 Å². The maximum atomic E-state index is 5.60. The van der Waals surface area contributed by atoms with Gasteiger partial charge in [0.15, 0.2) is 0 Å². The average Bonchev–Trinajstić information content (AvgIpc) is 2.86.